The molecule has 1 rings (SSSR count). The molecule has 0 aromatic carbocycles. The lowest BCUT2D eigenvalue weighted by molar-refractivity contribution is 0.0610. The van der Waals surface area contributed by atoms with Crippen LogP contribution in [0.1, 0.15) is 26.7 Å². The number of nitriles is 1. The highest BCUT2D eigenvalue weighted by Gasteiger charge is 2.21. The molecule has 0 aromatic rings. The van der Waals surface area contributed by atoms with Crippen LogP contribution in [0.25, 0.3) is 0 Å². The van der Waals surface area contributed by atoms with Crippen molar-refractivity contribution in [2.45, 2.75) is 44.8 Å². The molecule has 4 heteroatoms. The van der Waals surface area contributed by atoms with Crippen LogP contribution in [-0.2, 0) is 4.74 Å². The summed E-state index contributed by atoms with van der Waals surface area (Å²) in [6.07, 6.45) is 1.67. The maximum atomic E-state index is 8.68. The first kappa shape index (κ1) is 13.4. The van der Waals surface area contributed by atoms with Gasteiger partial charge in [0, 0.05) is 24.7 Å². The number of morpholine rings is 1. The molecule has 1 fully saturated rings. The van der Waals surface area contributed by atoms with Crippen molar-refractivity contribution < 1.29 is 4.74 Å². The molecular weight excluding hydrogens is 202 g/mol. The smallest absolute Gasteiger partial charge is 0.0638 e. The third-order valence-corrected chi connectivity index (χ3v) is 3.40. The second-order valence-electron chi connectivity index (χ2n) is 4.69. The molecule has 1 heterocycles. The monoisotopic (exact) mass is 225 g/mol. The number of nitrogens with one attached hydrogen (secondary N) is 1. The summed E-state index contributed by atoms with van der Waals surface area (Å²) >= 11 is 0. The third kappa shape index (κ3) is 4.09. The molecule has 0 radical (unpaired) electrons. The van der Waals surface area contributed by atoms with Gasteiger partial charge < -0.3 is 10.1 Å². The van der Waals surface area contributed by atoms with E-state index in [9.17, 15) is 0 Å². The highest BCUT2D eigenvalue weighted by atomic mass is 16.5. The lowest BCUT2D eigenvalue weighted by Crippen LogP contribution is -2.46. The Morgan fingerprint density at radius 2 is 2.25 bits per heavy atom. The zero-order valence-corrected chi connectivity index (χ0v) is 10.6. The summed E-state index contributed by atoms with van der Waals surface area (Å²) in [4.78, 5) is 2.28. The van der Waals surface area contributed by atoms with Crippen LogP contribution < -0.4 is 5.32 Å². The molecule has 3 atom stereocenters. The van der Waals surface area contributed by atoms with Gasteiger partial charge in [-0.3, -0.25) is 4.90 Å². The predicted octanol–water partition coefficient (Wildman–Crippen LogP) is 0.987. The van der Waals surface area contributed by atoms with Gasteiger partial charge in [-0.05, 0) is 27.3 Å². The van der Waals surface area contributed by atoms with Crippen LogP contribution in [-0.4, -0.2) is 49.8 Å². The van der Waals surface area contributed by atoms with Gasteiger partial charge in [-0.25, -0.2) is 0 Å². The molecule has 92 valence electrons. The maximum Gasteiger partial charge on any atom is 0.0638 e. The Kier molecular flexibility index (Phi) is 5.75. The average molecular weight is 225 g/mol. The van der Waals surface area contributed by atoms with Crippen molar-refractivity contribution >= 4 is 0 Å². The van der Waals surface area contributed by atoms with E-state index >= 15 is 0 Å². The highest BCUT2D eigenvalue weighted by molar-refractivity contribution is 4.83. The molecule has 0 aliphatic carbocycles. The lowest BCUT2D eigenvalue weighted by Gasteiger charge is -2.33. The first-order valence-electron chi connectivity index (χ1n) is 6.05. The minimum atomic E-state index is 0.324. The van der Waals surface area contributed by atoms with Crippen molar-refractivity contribution in [2.75, 3.05) is 26.8 Å². The van der Waals surface area contributed by atoms with E-state index in [-0.39, 0.29) is 0 Å². The van der Waals surface area contributed by atoms with Crippen molar-refractivity contribution in [3.8, 4) is 6.07 Å². The van der Waals surface area contributed by atoms with Crippen LogP contribution in [0.2, 0.25) is 0 Å². The van der Waals surface area contributed by atoms with Gasteiger partial charge in [0.25, 0.3) is 0 Å². The summed E-state index contributed by atoms with van der Waals surface area (Å²) in [7, 11) is 2.09. The minimum absolute atomic E-state index is 0.324. The molecule has 1 N–H and O–H groups in total. The number of rotatable bonds is 5. The van der Waals surface area contributed by atoms with E-state index in [1.807, 2.05) is 0 Å². The Labute approximate surface area is 98.6 Å². The molecule has 1 aliphatic heterocycles. The summed E-state index contributed by atoms with van der Waals surface area (Å²) in [6.45, 7) is 6.90. The summed E-state index contributed by atoms with van der Waals surface area (Å²) in [5.41, 5.74) is 0. The standard InChI is InChI=1S/C12H23N3O/c1-10(4-5-13)15(3)11(2)8-12-9-16-7-6-14-12/h10-12,14H,4,6-9H2,1-3H3. The first-order valence-corrected chi connectivity index (χ1v) is 6.05. The molecule has 3 unspecified atom stereocenters. The number of nitrogens with zero attached hydrogens (tertiary/aromatic N) is 2. The molecule has 1 saturated heterocycles. The molecular formula is C12H23N3O. The van der Waals surface area contributed by atoms with Gasteiger partial charge in [0.2, 0.25) is 0 Å². The van der Waals surface area contributed by atoms with E-state index < -0.39 is 0 Å². The van der Waals surface area contributed by atoms with Crippen LogP contribution >= 0.6 is 0 Å². The topological polar surface area (TPSA) is 48.3 Å². The van der Waals surface area contributed by atoms with Crippen LogP contribution in [0.15, 0.2) is 0 Å². The van der Waals surface area contributed by atoms with Gasteiger partial charge >= 0.3 is 0 Å². The van der Waals surface area contributed by atoms with E-state index in [1.165, 1.54) is 0 Å². The average Bonchev–Trinajstić information content (AvgIpc) is 2.29. The van der Waals surface area contributed by atoms with E-state index in [0.717, 1.165) is 26.2 Å². The van der Waals surface area contributed by atoms with E-state index in [0.29, 0.717) is 24.5 Å². The van der Waals surface area contributed by atoms with Crippen molar-refractivity contribution in [3.63, 3.8) is 0 Å². The molecule has 1 aliphatic rings. The predicted molar refractivity (Wildman–Crippen MR) is 64.1 cm³/mol. The molecule has 0 saturated carbocycles. The second-order valence-corrected chi connectivity index (χ2v) is 4.69. The van der Waals surface area contributed by atoms with Crippen LogP contribution in [0.4, 0.5) is 0 Å². The molecule has 16 heavy (non-hydrogen) atoms. The van der Waals surface area contributed by atoms with E-state index in [1.54, 1.807) is 0 Å². The Morgan fingerprint density at radius 3 is 2.81 bits per heavy atom. The zero-order chi connectivity index (χ0) is 12.0. The SMILES string of the molecule is CC(CC#N)N(C)C(C)CC1COCCN1. The summed E-state index contributed by atoms with van der Waals surface area (Å²) in [6, 6.07) is 3.48. The molecule has 0 aromatic heterocycles. The number of ether oxygens (including phenoxy) is 1. The van der Waals surface area contributed by atoms with Gasteiger partial charge in [-0.2, -0.15) is 5.26 Å². The van der Waals surface area contributed by atoms with Gasteiger partial charge in [0.05, 0.1) is 25.7 Å². The Morgan fingerprint density at radius 1 is 1.50 bits per heavy atom. The van der Waals surface area contributed by atoms with Gasteiger partial charge in [0.15, 0.2) is 0 Å². The Balaban J connectivity index is 2.32. The van der Waals surface area contributed by atoms with E-state index in [2.05, 4.69) is 37.2 Å². The summed E-state index contributed by atoms with van der Waals surface area (Å²) in [5, 5.41) is 12.1. The fourth-order valence-electron chi connectivity index (χ4n) is 2.06. The normalized spacial score (nSPS) is 25.1. The molecule has 0 bridgehead atoms. The van der Waals surface area contributed by atoms with Crippen molar-refractivity contribution in [3.05, 3.63) is 0 Å². The van der Waals surface area contributed by atoms with Crippen LogP contribution in [0, 0.1) is 11.3 Å². The van der Waals surface area contributed by atoms with Gasteiger partial charge in [0.1, 0.15) is 0 Å². The van der Waals surface area contributed by atoms with Crippen molar-refractivity contribution in [1.29, 1.82) is 5.26 Å². The molecule has 4 nitrogen and oxygen atoms in total. The molecule has 0 spiro atoms. The fraction of sp³-hybridized carbons (Fsp3) is 0.917. The van der Waals surface area contributed by atoms with Gasteiger partial charge in [-0.15, -0.1) is 0 Å². The number of hydrogen-bond donors (Lipinski definition) is 1. The van der Waals surface area contributed by atoms with Gasteiger partial charge in [-0.1, -0.05) is 0 Å². The fourth-order valence-corrected chi connectivity index (χ4v) is 2.06. The van der Waals surface area contributed by atoms with Crippen LogP contribution in [0.3, 0.4) is 0 Å². The third-order valence-electron chi connectivity index (χ3n) is 3.40. The maximum absolute atomic E-state index is 8.68. The Bertz CT molecular complexity index is 233. The first-order chi connectivity index (χ1) is 7.65. The number of hydrogen-bond acceptors (Lipinski definition) is 4. The highest BCUT2D eigenvalue weighted by Crippen LogP contribution is 2.12. The largest absolute Gasteiger partial charge is 0.379 e. The second kappa shape index (κ2) is 6.85. The molecule has 0 amide bonds. The lowest BCUT2D eigenvalue weighted by atomic mass is 10.1. The van der Waals surface area contributed by atoms with E-state index in [4.69, 9.17) is 10.00 Å². The van der Waals surface area contributed by atoms with Crippen molar-refractivity contribution in [1.82, 2.24) is 10.2 Å². The zero-order valence-electron chi connectivity index (χ0n) is 10.6. The van der Waals surface area contributed by atoms with Crippen LogP contribution in [0.5, 0.6) is 0 Å². The quantitative estimate of drug-likeness (QED) is 0.758. The minimum Gasteiger partial charge on any atom is -0.379 e. The summed E-state index contributed by atoms with van der Waals surface area (Å²) in [5.74, 6) is 0. The summed E-state index contributed by atoms with van der Waals surface area (Å²) < 4.78 is 5.44. The van der Waals surface area contributed by atoms with Crippen molar-refractivity contribution in [2.24, 2.45) is 0 Å². The Hall–Kier alpha value is -0.630.